The summed E-state index contributed by atoms with van der Waals surface area (Å²) in [7, 11) is 0. The Labute approximate surface area is 127 Å². The summed E-state index contributed by atoms with van der Waals surface area (Å²) in [6.45, 7) is 7.44. The van der Waals surface area contributed by atoms with Crippen LogP contribution in [0, 0.1) is 0 Å². The van der Waals surface area contributed by atoms with Crippen LogP contribution in [0.25, 0.3) is 0 Å². The Kier molecular flexibility index (Phi) is 4.89. The molecule has 2 aromatic rings. The van der Waals surface area contributed by atoms with Crippen LogP contribution in [0.4, 0.5) is 5.69 Å². The second kappa shape index (κ2) is 6.66. The van der Waals surface area contributed by atoms with E-state index >= 15 is 0 Å². The molecule has 0 aliphatic rings. The van der Waals surface area contributed by atoms with E-state index in [0.717, 1.165) is 24.3 Å². The fraction of sp³-hybridized carbons (Fsp3) is 0.368. The quantitative estimate of drug-likeness (QED) is 0.788. The van der Waals surface area contributed by atoms with Crippen LogP contribution in [0.2, 0.25) is 0 Å². The smallest absolute Gasteiger partial charge is 0.119 e. The zero-order valence-electron chi connectivity index (χ0n) is 13.2. The summed E-state index contributed by atoms with van der Waals surface area (Å²) >= 11 is 0. The Balaban J connectivity index is 1.88. The molecule has 0 amide bonds. The van der Waals surface area contributed by atoms with Gasteiger partial charge in [-0.3, -0.25) is 0 Å². The van der Waals surface area contributed by atoms with Gasteiger partial charge in [0, 0.05) is 12.1 Å². The second-order valence-corrected chi connectivity index (χ2v) is 6.10. The lowest BCUT2D eigenvalue weighted by Gasteiger charge is -2.23. The Bertz CT molecular complexity index is 555. The molecule has 2 rings (SSSR count). The second-order valence-electron chi connectivity index (χ2n) is 6.10. The summed E-state index contributed by atoms with van der Waals surface area (Å²) in [4.78, 5) is 0. The topological polar surface area (TPSA) is 35.2 Å². The van der Waals surface area contributed by atoms with Crippen molar-refractivity contribution in [1.29, 1.82) is 0 Å². The number of hydrogen-bond acceptors (Lipinski definition) is 2. The third-order valence-electron chi connectivity index (χ3n) is 4.16. The Morgan fingerprint density at radius 3 is 2.14 bits per heavy atom. The van der Waals surface area contributed by atoms with Crippen LogP contribution >= 0.6 is 0 Å². The molecule has 2 nitrogen and oxygen atoms in total. The summed E-state index contributed by atoms with van der Waals surface area (Å²) in [5, 5.41) is 0. The lowest BCUT2D eigenvalue weighted by Crippen LogP contribution is -2.15. The molecule has 2 heteroatoms. The molecule has 0 bridgehead atoms. The molecule has 0 saturated carbocycles. The molecule has 2 N–H and O–H groups in total. The largest absolute Gasteiger partial charge is 0.493 e. The van der Waals surface area contributed by atoms with Gasteiger partial charge < -0.3 is 10.5 Å². The van der Waals surface area contributed by atoms with Gasteiger partial charge in [-0.15, -0.1) is 0 Å². The average molecular weight is 283 g/mol. The minimum absolute atomic E-state index is 0.225. The summed E-state index contributed by atoms with van der Waals surface area (Å²) < 4.78 is 5.81. The monoisotopic (exact) mass is 283 g/mol. The van der Waals surface area contributed by atoms with Crippen LogP contribution in [0.3, 0.4) is 0 Å². The number of nitrogens with two attached hydrogens (primary N) is 1. The first-order valence-corrected chi connectivity index (χ1v) is 7.59. The van der Waals surface area contributed by atoms with Crippen molar-refractivity contribution in [3.05, 3.63) is 59.7 Å². The number of anilines is 1. The molecule has 2 aromatic carbocycles. The fourth-order valence-corrected chi connectivity index (χ4v) is 2.18. The van der Waals surface area contributed by atoms with E-state index in [0.29, 0.717) is 6.61 Å². The van der Waals surface area contributed by atoms with Crippen LogP contribution in [0.5, 0.6) is 5.75 Å². The average Bonchev–Trinajstić information content (AvgIpc) is 2.50. The van der Waals surface area contributed by atoms with Crippen LogP contribution in [0.15, 0.2) is 48.5 Å². The van der Waals surface area contributed by atoms with E-state index in [2.05, 4.69) is 45.0 Å². The van der Waals surface area contributed by atoms with Crippen molar-refractivity contribution < 1.29 is 4.74 Å². The molecule has 0 fully saturated rings. The fourth-order valence-electron chi connectivity index (χ4n) is 2.18. The first-order valence-electron chi connectivity index (χ1n) is 7.59. The van der Waals surface area contributed by atoms with Crippen molar-refractivity contribution in [2.75, 3.05) is 12.3 Å². The zero-order valence-corrected chi connectivity index (χ0v) is 13.2. The van der Waals surface area contributed by atoms with E-state index in [1.54, 1.807) is 0 Å². The van der Waals surface area contributed by atoms with E-state index in [9.17, 15) is 0 Å². The van der Waals surface area contributed by atoms with E-state index < -0.39 is 0 Å². The maximum Gasteiger partial charge on any atom is 0.119 e. The molecule has 0 spiro atoms. The van der Waals surface area contributed by atoms with E-state index in [1.807, 2.05) is 24.3 Å². The van der Waals surface area contributed by atoms with Crippen LogP contribution < -0.4 is 10.5 Å². The van der Waals surface area contributed by atoms with Crippen molar-refractivity contribution in [3.63, 3.8) is 0 Å². The number of benzene rings is 2. The minimum atomic E-state index is 0.225. The predicted molar refractivity (Wildman–Crippen MR) is 89.8 cm³/mol. The number of ether oxygens (including phenoxy) is 1. The highest BCUT2D eigenvalue weighted by Gasteiger charge is 2.17. The molecule has 0 aliphatic heterocycles. The molecule has 0 radical (unpaired) electrons. The maximum absolute atomic E-state index is 5.81. The van der Waals surface area contributed by atoms with Gasteiger partial charge in [0.25, 0.3) is 0 Å². The van der Waals surface area contributed by atoms with E-state index in [-0.39, 0.29) is 5.41 Å². The molecule has 0 unspecified atom stereocenters. The molecular weight excluding hydrogens is 258 g/mol. The van der Waals surface area contributed by atoms with Crippen LogP contribution in [-0.2, 0) is 11.8 Å². The van der Waals surface area contributed by atoms with Gasteiger partial charge in [-0.1, -0.05) is 45.0 Å². The van der Waals surface area contributed by atoms with Crippen molar-refractivity contribution >= 4 is 5.69 Å². The number of hydrogen-bond donors (Lipinski definition) is 1. The van der Waals surface area contributed by atoms with Gasteiger partial charge in [0.2, 0.25) is 0 Å². The molecule has 0 aromatic heterocycles. The van der Waals surface area contributed by atoms with E-state index in [4.69, 9.17) is 10.5 Å². The summed E-state index contributed by atoms with van der Waals surface area (Å²) in [6, 6.07) is 16.4. The molecular formula is C19H25NO. The minimum Gasteiger partial charge on any atom is -0.493 e. The summed E-state index contributed by atoms with van der Waals surface area (Å²) in [5.74, 6) is 0.932. The van der Waals surface area contributed by atoms with Gasteiger partial charge in [0.1, 0.15) is 5.75 Å². The Hall–Kier alpha value is -1.96. The number of rotatable bonds is 6. The summed E-state index contributed by atoms with van der Waals surface area (Å²) in [6.07, 6.45) is 2.02. The normalized spacial score (nSPS) is 11.4. The molecule has 21 heavy (non-hydrogen) atoms. The van der Waals surface area contributed by atoms with Crippen molar-refractivity contribution in [1.82, 2.24) is 0 Å². The van der Waals surface area contributed by atoms with Gasteiger partial charge >= 0.3 is 0 Å². The van der Waals surface area contributed by atoms with Crippen LogP contribution in [-0.4, -0.2) is 6.61 Å². The SMILES string of the molecule is CCC(C)(C)c1ccc(OCCc2ccc(N)cc2)cc1. The van der Waals surface area contributed by atoms with Crippen molar-refractivity contribution in [2.45, 2.75) is 39.0 Å². The predicted octanol–water partition coefficient (Wildman–Crippen LogP) is 4.58. The van der Waals surface area contributed by atoms with Gasteiger partial charge in [0.15, 0.2) is 0 Å². The maximum atomic E-state index is 5.81. The summed E-state index contributed by atoms with van der Waals surface area (Å²) in [5.41, 5.74) is 9.30. The van der Waals surface area contributed by atoms with Gasteiger partial charge in [-0.05, 0) is 47.2 Å². The van der Waals surface area contributed by atoms with Crippen LogP contribution in [0.1, 0.15) is 38.3 Å². The van der Waals surface area contributed by atoms with Crippen molar-refractivity contribution in [3.8, 4) is 5.75 Å². The lowest BCUT2D eigenvalue weighted by atomic mass is 9.82. The third kappa shape index (κ3) is 4.25. The molecule has 0 atom stereocenters. The van der Waals surface area contributed by atoms with Gasteiger partial charge in [-0.25, -0.2) is 0 Å². The first kappa shape index (κ1) is 15.4. The molecule has 0 aliphatic carbocycles. The highest BCUT2D eigenvalue weighted by molar-refractivity contribution is 5.39. The highest BCUT2D eigenvalue weighted by atomic mass is 16.5. The highest BCUT2D eigenvalue weighted by Crippen LogP contribution is 2.28. The standard InChI is InChI=1S/C19H25NO/c1-4-19(2,3)16-7-11-18(12-8-16)21-14-13-15-5-9-17(20)10-6-15/h5-12H,4,13-14,20H2,1-3H3. The van der Waals surface area contributed by atoms with Gasteiger partial charge in [0.05, 0.1) is 6.61 Å². The van der Waals surface area contributed by atoms with E-state index in [1.165, 1.54) is 11.1 Å². The molecule has 112 valence electrons. The Morgan fingerprint density at radius 1 is 0.952 bits per heavy atom. The molecule has 0 saturated heterocycles. The third-order valence-corrected chi connectivity index (χ3v) is 4.16. The molecule has 0 heterocycles. The first-order chi connectivity index (χ1) is 10.0. The lowest BCUT2D eigenvalue weighted by molar-refractivity contribution is 0.321. The van der Waals surface area contributed by atoms with Crippen molar-refractivity contribution in [2.24, 2.45) is 0 Å². The van der Waals surface area contributed by atoms with Gasteiger partial charge in [-0.2, -0.15) is 0 Å². The zero-order chi connectivity index (χ0) is 15.3. The Morgan fingerprint density at radius 2 is 1.57 bits per heavy atom. The number of nitrogen functional groups attached to an aromatic ring is 1.